The molecule has 2 aromatic rings. The van der Waals surface area contributed by atoms with E-state index in [0.29, 0.717) is 10.9 Å². The normalized spacial score (nSPS) is 14.6. The molecule has 1 aliphatic rings. The van der Waals surface area contributed by atoms with Crippen LogP contribution in [0.5, 0.6) is 0 Å². The number of thiophene rings is 1. The van der Waals surface area contributed by atoms with Crippen LogP contribution in [0.1, 0.15) is 6.42 Å². The molecule has 3 rings (SSSR count). The summed E-state index contributed by atoms with van der Waals surface area (Å²) in [6, 6.07) is 3.97. The second kappa shape index (κ2) is 5.11. The number of H-pyrrole nitrogens is 1. The van der Waals surface area contributed by atoms with E-state index in [4.69, 9.17) is 0 Å². The highest BCUT2D eigenvalue weighted by Gasteiger charge is 2.20. The van der Waals surface area contributed by atoms with Crippen molar-refractivity contribution in [2.24, 2.45) is 0 Å². The van der Waals surface area contributed by atoms with E-state index in [1.165, 1.54) is 11.8 Å². The van der Waals surface area contributed by atoms with Gasteiger partial charge in [0.05, 0.1) is 10.6 Å². The van der Waals surface area contributed by atoms with Crippen molar-refractivity contribution >= 4 is 29.0 Å². The molecule has 0 aliphatic carbocycles. The van der Waals surface area contributed by atoms with Gasteiger partial charge < -0.3 is 4.90 Å². The van der Waals surface area contributed by atoms with Gasteiger partial charge in [0, 0.05) is 13.1 Å². The Labute approximate surface area is 113 Å². The predicted molar refractivity (Wildman–Crippen MR) is 71.6 cm³/mol. The fraction of sp³-hybridized carbons (Fsp3) is 0.364. The van der Waals surface area contributed by atoms with Crippen LogP contribution in [0.3, 0.4) is 0 Å². The van der Waals surface area contributed by atoms with Crippen LogP contribution in [0.25, 0.3) is 10.7 Å². The van der Waals surface area contributed by atoms with Crippen LogP contribution in [0.15, 0.2) is 22.7 Å². The highest BCUT2D eigenvalue weighted by atomic mass is 32.2. The largest absolute Gasteiger partial charge is 0.342 e. The highest BCUT2D eigenvalue weighted by Crippen LogP contribution is 2.23. The number of hydrogen-bond donors (Lipinski definition) is 1. The summed E-state index contributed by atoms with van der Waals surface area (Å²) < 4.78 is 0. The zero-order chi connectivity index (χ0) is 12.4. The smallest absolute Gasteiger partial charge is 0.233 e. The molecule has 1 saturated heterocycles. The Morgan fingerprint density at radius 3 is 3.11 bits per heavy atom. The van der Waals surface area contributed by atoms with E-state index in [1.807, 2.05) is 22.4 Å². The molecule has 1 amide bonds. The zero-order valence-corrected chi connectivity index (χ0v) is 11.3. The number of hydrogen-bond acceptors (Lipinski definition) is 5. The number of aromatic amines is 1. The zero-order valence-electron chi connectivity index (χ0n) is 9.63. The number of nitrogens with one attached hydrogen (secondary N) is 1. The Hall–Kier alpha value is -1.34. The molecule has 0 radical (unpaired) electrons. The molecular formula is C11H12N4OS2. The van der Waals surface area contributed by atoms with E-state index in [2.05, 4.69) is 15.2 Å². The van der Waals surface area contributed by atoms with Crippen LogP contribution in [-0.2, 0) is 4.79 Å². The molecule has 5 nitrogen and oxygen atoms in total. The third-order valence-electron chi connectivity index (χ3n) is 2.75. The Bertz CT molecular complexity index is 533. The minimum atomic E-state index is 0.175. The molecule has 1 aliphatic heterocycles. The topological polar surface area (TPSA) is 61.9 Å². The molecule has 0 spiro atoms. The average molecular weight is 280 g/mol. The van der Waals surface area contributed by atoms with Crippen molar-refractivity contribution in [3.8, 4) is 10.7 Å². The van der Waals surface area contributed by atoms with Crippen molar-refractivity contribution in [3.63, 3.8) is 0 Å². The van der Waals surface area contributed by atoms with Crippen LogP contribution >= 0.6 is 23.1 Å². The molecule has 0 bridgehead atoms. The number of nitrogens with zero attached hydrogens (tertiary/aromatic N) is 3. The van der Waals surface area contributed by atoms with E-state index in [1.54, 1.807) is 11.3 Å². The molecular weight excluding hydrogens is 268 g/mol. The first-order valence-electron chi connectivity index (χ1n) is 5.70. The van der Waals surface area contributed by atoms with Gasteiger partial charge in [-0.25, -0.2) is 4.98 Å². The van der Waals surface area contributed by atoms with Gasteiger partial charge in [-0.1, -0.05) is 17.8 Å². The van der Waals surface area contributed by atoms with Crippen molar-refractivity contribution in [3.05, 3.63) is 17.5 Å². The van der Waals surface area contributed by atoms with Crippen molar-refractivity contribution < 1.29 is 4.79 Å². The van der Waals surface area contributed by atoms with E-state index in [9.17, 15) is 4.79 Å². The summed E-state index contributed by atoms with van der Waals surface area (Å²) in [7, 11) is 0. The van der Waals surface area contributed by atoms with E-state index < -0.39 is 0 Å². The lowest BCUT2D eigenvalue weighted by Gasteiger charge is -2.30. The number of amides is 1. The summed E-state index contributed by atoms with van der Waals surface area (Å²) in [5, 5.41) is 9.63. The summed E-state index contributed by atoms with van der Waals surface area (Å²) >= 11 is 3.00. The second-order valence-corrected chi connectivity index (χ2v) is 5.86. The third-order valence-corrected chi connectivity index (χ3v) is 4.46. The first-order valence-corrected chi connectivity index (χ1v) is 7.56. The first-order chi connectivity index (χ1) is 8.83. The van der Waals surface area contributed by atoms with Gasteiger partial charge in [-0.05, 0) is 17.9 Å². The second-order valence-electron chi connectivity index (χ2n) is 3.97. The fourth-order valence-electron chi connectivity index (χ4n) is 1.62. The van der Waals surface area contributed by atoms with Gasteiger partial charge in [0.15, 0.2) is 5.82 Å². The molecule has 1 fully saturated rings. The molecule has 1 N–H and O–H groups in total. The van der Waals surface area contributed by atoms with Crippen molar-refractivity contribution in [2.45, 2.75) is 11.6 Å². The lowest BCUT2D eigenvalue weighted by atomic mass is 10.2. The van der Waals surface area contributed by atoms with Crippen molar-refractivity contribution in [1.82, 2.24) is 20.1 Å². The average Bonchev–Trinajstić information content (AvgIpc) is 2.94. The Morgan fingerprint density at radius 1 is 1.56 bits per heavy atom. The minimum absolute atomic E-state index is 0.175. The van der Waals surface area contributed by atoms with E-state index in [-0.39, 0.29) is 5.91 Å². The van der Waals surface area contributed by atoms with Crippen molar-refractivity contribution in [2.75, 3.05) is 18.8 Å². The maximum atomic E-state index is 11.7. The van der Waals surface area contributed by atoms with Gasteiger partial charge in [0.1, 0.15) is 0 Å². The van der Waals surface area contributed by atoms with Crippen LogP contribution in [0.4, 0.5) is 0 Å². The summed E-state index contributed by atoms with van der Waals surface area (Å²) in [5.74, 6) is 1.36. The minimum Gasteiger partial charge on any atom is -0.342 e. The molecule has 18 heavy (non-hydrogen) atoms. The van der Waals surface area contributed by atoms with Crippen molar-refractivity contribution in [1.29, 1.82) is 0 Å². The lowest BCUT2D eigenvalue weighted by Crippen LogP contribution is -2.43. The fourth-order valence-corrected chi connectivity index (χ4v) is 2.98. The van der Waals surface area contributed by atoms with E-state index >= 15 is 0 Å². The molecule has 0 unspecified atom stereocenters. The molecule has 3 heterocycles. The maximum Gasteiger partial charge on any atom is 0.233 e. The maximum absolute atomic E-state index is 11.7. The molecule has 0 saturated carbocycles. The standard InChI is InChI=1S/C11H12N4OS2/c16-9(15-4-2-5-15)7-18-11-12-10(13-14-11)8-3-1-6-17-8/h1,3,6H,2,4-5,7H2,(H,12,13,14). The van der Waals surface area contributed by atoms with Gasteiger partial charge in [-0.15, -0.1) is 16.4 Å². The van der Waals surface area contributed by atoms with Crippen LogP contribution in [0.2, 0.25) is 0 Å². The molecule has 94 valence electrons. The quantitative estimate of drug-likeness (QED) is 0.868. The van der Waals surface area contributed by atoms with Crippen LogP contribution in [-0.4, -0.2) is 44.8 Å². The Morgan fingerprint density at radius 2 is 2.44 bits per heavy atom. The summed E-state index contributed by atoms with van der Waals surface area (Å²) in [6.07, 6.45) is 1.12. The number of carbonyl (C=O) groups is 1. The first kappa shape index (κ1) is 11.7. The number of thioether (sulfide) groups is 1. The Kier molecular flexibility index (Phi) is 3.33. The molecule has 7 heteroatoms. The SMILES string of the molecule is O=C(CSc1n[nH]c(-c2cccs2)n1)N1CCC1. The Balaban J connectivity index is 1.58. The predicted octanol–water partition coefficient (Wildman–Crippen LogP) is 1.86. The van der Waals surface area contributed by atoms with Crippen LogP contribution in [0, 0.1) is 0 Å². The van der Waals surface area contributed by atoms with E-state index in [0.717, 1.165) is 30.2 Å². The van der Waals surface area contributed by atoms with Gasteiger partial charge in [-0.3, -0.25) is 9.89 Å². The highest BCUT2D eigenvalue weighted by molar-refractivity contribution is 7.99. The summed E-state index contributed by atoms with van der Waals surface area (Å²) in [5.41, 5.74) is 0. The number of carbonyl (C=O) groups excluding carboxylic acids is 1. The third kappa shape index (κ3) is 2.41. The molecule has 0 aromatic carbocycles. The summed E-state index contributed by atoms with van der Waals surface area (Å²) in [6.45, 7) is 1.79. The summed E-state index contributed by atoms with van der Waals surface area (Å²) in [4.78, 5) is 19.0. The molecule has 2 aromatic heterocycles. The number of aromatic nitrogens is 3. The number of rotatable bonds is 4. The molecule has 0 atom stereocenters. The van der Waals surface area contributed by atoms with Gasteiger partial charge in [-0.2, -0.15) is 0 Å². The van der Waals surface area contributed by atoms with Gasteiger partial charge >= 0.3 is 0 Å². The van der Waals surface area contributed by atoms with Gasteiger partial charge in [0.25, 0.3) is 0 Å². The monoisotopic (exact) mass is 280 g/mol. The van der Waals surface area contributed by atoms with Gasteiger partial charge in [0.2, 0.25) is 11.1 Å². The lowest BCUT2D eigenvalue weighted by molar-refractivity contribution is -0.131. The van der Waals surface area contributed by atoms with Crippen LogP contribution < -0.4 is 0 Å². The number of likely N-dealkylation sites (tertiary alicyclic amines) is 1.